The Balaban J connectivity index is 0.00000162. The van der Waals surface area contributed by atoms with Gasteiger partial charge in [-0.25, -0.2) is 14.4 Å². The van der Waals surface area contributed by atoms with Gasteiger partial charge in [0, 0.05) is 20.3 Å². The number of fused-ring (bicyclic) bond motifs is 1. The number of likely N-dealkylation sites (tertiary alicyclic amines) is 1. The van der Waals surface area contributed by atoms with Crippen molar-refractivity contribution in [3.05, 3.63) is 76.0 Å². The van der Waals surface area contributed by atoms with Crippen molar-refractivity contribution in [2.45, 2.75) is 31.8 Å². The van der Waals surface area contributed by atoms with Crippen LogP contribution >= 0.6 is 11.3 Å². The molecule has 1 fully saturated rings. The number of nitrogens with zero attached hydrogens (tertiary/aromatic N) is 4. The van der Waals surface area contributed by atoms with E-state index in [4.69, 9.17) is 0 Å². The van der Waals surface area contributed by atoms with Crippen molar-refractivity contribution in [1.82, 2.24) is 30.2 Å². The summed E-state index contributed by atoms with van der Waals surface area (Å²) >= 11 is 1.52. The number of carbonyl (C=O) groups excluding carboxylic acids is 1. The molecule has 9 heteroatoms. The van der Waals surface area contributed by atoms with E-state index >= 15 is 0 Å². The average molecular weight is 455 g/mol. The van der Waals surface area contributed by atoms with E-state index in [0.29, 0.717) is 11.6 Å². The summed E-state index contributed by atoms with van der Waals surface area (Å²) < 4.78 is 13.7. The highest BCUT2D eigenvalue weighted by atomic mass is 32.1. The topological polar surface area (TPSA) is 86.8 Å². The minimum absolute atomic E-state index is 0. The summed E-state index contributed by atoms with van der Waals surface area (Å²) in [6.45, 7) is 2.76. The molecule has 32 heavy (non-hydrogen) atoms. The summed E-state index contributed by atoms with van der Waals surface area (Å²) in [5, 5.41) is 5.47. The van der Waals surface area contributed by atoms with Gasteiger partial charge in [-0.05, 0) is 50.2 Å². The van der Waals surface area contributed by atoms with E-state index in [1.165, 1.54) is 29.7 Å². The van der Waals surface area contributed by atoms with E-state index < -0.39 is 5.82 Å². The maximum absolute atomic E-state index is 13.7. The normalized spacial score (nSPS) is 15.3. The number of aromatic amines is 1. The number of benzene rings is 1. The van der Waals surface area contributed by atoms with Crippen LogP contribution in [-0.2, 0) is 13.1 Å². The molecule has 2 N–H and O–H groups in total. The molecule has 0 atom stereocenters. The Labute approximate surface area is 191 Å². The molecule has 0 radical (unpaired) electrons. The lowest BCUT2D eigenvalue weighted by atomic mass is 9.97. The van der Waals surface area contributed by atoms with Crippen molar-refractivity contribution in [3.8, 4) is 0 Å². The molecular formula is C23H27FN6OS. The molecule has 0 aliphatic carbocycles. The number of H-pyrrole nitrogens is 1. The molecule has 7 nitrogen and oxygen atoms in total. The molecule has 168 valence electrons. The summed E-state index contributed by atoms with van der Waals surface area (Å²) in [6, 6.07) is 10.9. The minimum atomic E-state index is -0.429. The molecule has 1 aromatic carbocycles. The third-order valence-electron chi connectivity index (χ3n) is 5.75. The number of aromatic nitrogens is 4. The number of pyridine rings is 1. The molecule has 5 rings (SSSR count). The molecule has 0 unspecified atom stereocenters. The first-order chi connectivity index (χ1) is 15.7. The van der Waals surface area contributed by atoms with Crippen LogP contribution in [0.4, 0.5) is 4.39 Å². The van der Waals surface area contributed by atoms with Crippen LogP contribution in [0.5, 0.6) is 0 Å². The van der Waals surface area contributed by atoms with Gasteiger partial charge in [0.25, 0.3) is 5.91 Å². The lowest BCUT2D eigenvalue weighted by Crippen LogP contribution is -2.32. The largest absolute Gasteiger partial charge is 0.345 e. The number of carbonyl (C=O) groups is 1. The predicted molar refractivity (Wildman–Crippen MR) is 125 cm³/mol. The van der Waals surface area contributed by atoms with Crippen LogP contribution in [0, 0.1) is 5.82 Å². The van der Waals surface area contributed by atoms with Gasteiger partial charge in [-0.15, -0.1) is 11.3 Å². The number of hydrogen-bond donors (Lipinski definition) is 2. The SMILES string of the molecule is O=C(NCc1ncccc1F)c1csc(C2CCN(Cc3nc4ccccc4[nH]3)CC2)n1.[HH].[HH]. The zero-order chi connectivity index (χ0) is 21.9. The molecule has 4 heterocycles. The lowest BCUT2D eigenvalue weighted by Gasteiger charge is -2.30. The van der Waals surface area contributed by atoms with Crippen LogP contribution in [0.2, 0.25) is 0 Å². The van der Waals surface area contributed by atoms with Gasteiger partial charge in [-0.1, -0.05) is 12.1 Å². The van der Waals surface area contributed by atoms with Crippen LogP contribution in [-0.4, -0.2) is 43.8 Å². The molecule has 4 aromatic rings. The molecule has 3 aromatic heterocycles. The van der Waals surface area contributed by atoms with Crippen LogP contribution in [0.15, 0.2) is 48.0 Å². The van der Waals surface area contributed by atoms with Gasteiger partial charge in [-0.2, -0.15) is 0 Å². The smallest absolute Gasteiger partial charge is 0.271 e. The van der Waals surface area contributed by atoms with Crippen LogP contribution in [0.1, 0.15) is 48.6 Å². The zero-order valence-corrected chi connectivity index (χ0v) is 18.2. The molecule has 1 aliphatic rings. The maximum atomic E-state index is 13.7. The first kappa shape index (κ1) is 20.7. The quantitative estimate of drug-likeness (QED) is 0.452. The molecule has 1 saturated heterocycles. The van der Waals surface area contributed by atoms with Crippen LogP contribution in [0.25, 0.3) is 11.0 Å². The highest BCUT2D eigenvalue weighted by molar-refractivity contribution is 7.09. The van der Waals surface area contributed by atoms with E-state index in [9.17, 15) is 9.18 Å². The van der Waals surface area contributed by atoms with E-state index in [2.05, 4.69) is 30.2 Å². The Morgan fingerprint density at radius 2 is 2.06 bits per heavy atom. The summed E-state index contributed by atoms with van der Waals surface area (Å²) in [7, 11) is 0. The number of amides is 1. The standard InChI is InChI=1S/C23H23FN6OS.2H2/c24-16-4-3-9-25-19(16)12-26-22(31)20-14-32-23(29-20)15-7-10-30(11-8-15)13-21-27-17-5-1-2-6-18(17)28-21;;/h1-6,9,14-15H,7-8,10-13H2,(H,26,31)(H,27,28);2*1H. The van der Waals surface area contributed by atoms with E-state index in [1.807, 2.05) is 24.3 Å². The fraction of sp³-hybridized carbons (Fsp3) is 0.304. The molecule has 1 aliphatic heterocycles. The summed E-state index contributed by atoms with van der Waals surface area (Å²) in [5.41, 5.74) is 2.66. The van der Waals surface area contributed by atoms with Crippen molar-refractivity contribution >= 4 is 28.3 Å². The number of piperidine rings is 1. The Bertz CT molecular complexity index is 1210. The molecule has 0 spiro atoms. The van der Waals surface area contributed by atoms with Crippen molar-refractivity contribution in [1.29, 1.82) is 0 Å². The number of imidazole rings is 1. The summed E-state index contributed by atoms with van der Waals surface area (Å²) in [5.74, 6) is 0.602. The lowest BCUT2D eigenvalue weighted by molar-refractivity contribution is 0.0945. The Kier molecular flexibility index (Phi) is 5.91. The second-order valence-electron chi connectivity index (χ2n) is 7.94. The second-order valence-corrected chi connectivity index (χ2v) is 8.83. The average Bonchev–Trinajstić information content (AvgIpc) is 3.46. The van der Waals surface area contributed by atoms with Crippen molar-refractivity contribution < 1.29 is 12.0 Å². The summed E-state index contributed by atoms with van der Waals surface area (Å²) in [6.07, 6.45) is 3.49. The van der Waals surface area contributed by atoms with Crippen LogP contribution in [0.3, 0.4) is 0 Å². The van der Waals surface area contributed by atoms with Gasteiger partial charge >= 0.3 is 0 Å². The first-order valence-corrected chi connectivity index (χ1v) is 11.5. The summed E-state index contributed by atoms with van der Waals surface area (Å²) in [4.78, 5) is 31.4. The third kappa shape index (κ3) is 4.53. The second kappa shape index (κ2) is 9.13. The number of nitrogens with one attached hydrogen (secondary N) is 2. The van der Waals surface area contributed by atoms with Crippen molar-refractivity contribution in [3.63, 3.8) is 0 Å². The van der Waals surface area contributed by atoms with Crippen molar-refractivity contribution in [2.24, 2.45) is 0 Å². The Morgan fingerprint density at radius 1 is 1.22 bits per heavy atom. The van der Waals surface area contributed by atoms with Gasteiger partial charge < -0.3 is 10.3 Å². The molecular weight excluding hydrogens is 427 g/mol. The van der Waals surface area contributed by atoms with Gasteiger partial charge in [0.15, 0.2) is 0 Å². The van der Waals surface area contributed by atoms with Gasteiger partial charge in [0.05, 0.1) is 34.8 Å². The van der Waals surface area contributed by atoms with Crippen molar-refractivity contribution in [2.75, 3.05) is 13.1 Å². The minimum Gasteiger partial charge on any atom is -0.345 e. The highest BCUT2D eigenvalue weighted by Crippen LogP contribution is 2.31. The van der Waals surface area contributed by atoms with Crippen LogP contribution < -0.4 is 5.32 Å². The fourth-order valence-electron chi connectivity index (χ4n) is 4.01. The Morgan fingerprint density at radius 3 is 2.88 bits per heavy atom. The van der Waals surface area contributed by atoms with E-state index in [-0.39, 0.29) is 21.0 Å². The number of thiazole rings is 1. The fourth-order valence-corrected chi connectivity index (χ4v) is 4.98. The molecule has 0 bridgehead atoms. The maximum Gasteiger partial charge on any atom is 0.271 e. The van der Waals surface area contributed by atoms with E-state index in [0.717, 1.165) is 54.3 Å². The number of rotatable bonds is 6. The van der Waals surface area contributed by atoms with E-state index in [1.54, 1.807) is 5.38 Å². The van der Waals surface area contributed by atoms with Gasteiger partial charge in [0.2, 0.25) is 0 Å². The molecule has 0 saturated carbocycles. The Hall–Kier alpha value is -3.17. The molecule has 1 amide bonds. The van der Waals surface area contributed by atoms with Gasteiger partial charge in [-0.3, -0.25) is 14.7 Å². The zero-order valence-electron chi connectivity index (χ0n) is 17.4. The number of halogens is 1. The number of para-hydroxylation sites is 2. The third-order valence-corrected chi connectivity index (χ3v) is 6.76. The monoisotopic (exact) mass is 454 g/mol. The number of hydrogen-bond acceptors (Lipinski definition) is 6. The first-order valence-electron chi connectivity index (χ1n) is 10.6. The van der Waals surface area contributed by atoms with Gasteiger partial charge in [0.1, 0.15) is 17.3 Å². The predicted octanol–water partition coefficient (Wildman–Crippen LogP) is 4.36. The highest BCUT2D eigenvalue weighted by Gasteiger charge is 2.24.